The molecular weight excluding hydrogens is 474 g/mol. The first-order valence-electron chi connectivity index (χ1n) is 11.8. The highest BCUT2D eigenvalue weighted by Crippen LogP contribution is 2.26. The number of hydrogen-bond acceptors (Lipinski definition) is 4. The molecule has 34 heavy (non-hydrogen) atoms. The maximum atomic E-state index is 13.1. The summed E-state index contributed by atoms with van der Waals surface area (Å²) in [4.78, 5) is 26.2. The van der Waals surface area contributed by atoms with Crippen molar-refractivity contribution in [3.8, 4) is 0 Å². The van der Waals surface area contributed by atoms with Crippen molar-refractivity contribution in [2.75, 3.05) is 18.4 Å². The standard InChI is InChI=1S/C25H30ClN3O4S/c26-19-12-14-21(15-13-19)34(32,33)29-16-6-7-18(17-29)24(30)28-23-11-5-4-10-22(23)25(31)27-20-8-2-1-3-9-20/h4-5,10-15,18,20H,1-3,6-9,16-17H2,(H,27,31)(H,28,30). The van der Waals surface area contributed by atoms with E-state index in [-0.39, 0.29) is 29.3 Å². The minimum Gasteiger partial charge on any atom is -0.349 e. The van der Waals surface area contributed by atoms with Crippen LogP contribution in [0, 0.1) is 5.92 Å². The van der Waals surface area contributed by atoms with Gasteiger partial charge < -0.3 is 10.6 Å². The molecule has 2 aromatic carbocycles. The molecule has 2 amide bonds. The van der Waals surface area contributed by atoms with Crippen LogP contribution < -0.4 is 10.6 Å². The smallest absolute Gasteiger partial charge is 0.253 e. The zero-order valence-corrected chi connectivity index (χ0v) is 20.6. The Hall–Kier alpha value is -2.42. The van der Waals surface area contributed by atoms with Gasteiger partial charge in [-0.25, -0.2) is 8.42 Å². The van der Waals surface area contributed by atoms with E-state index < -0.39 is 15.9 Å². The second kappa shape index (κ2) is 10.9. The monoisotopic (exact) mass is 503 g/mol. The summed E-state index contributed by atoms with van der Waals surface area (Å²) in [7, 11) is -3.73. The summed E-state index contributed by atoms with van der Waals surface area (Å²) >= 11 is 5.89. The number of sulfonamides is 1. The SMILES string of the molecule is O=C(NC1CCCCC1)c1ccccc1NC(=O)C1CCCN(S(=O)(=O)c2ccc(Cl)cc2)C1. The molecule has 0 spiro atoms. The maximum Gasteiger partial charge on any atom is 0.253 e. The summed E-state index contributed by atoms with van der Waals surface area (Å²) in [5.74, 6) is -0.988. The van der Waals surface area contributed by atoms with Gasteiger partial charge in [-0.3, -0.25) is 9.59 Å². The molecule has 1 heterocycles. The summed E-state index contributed by atoms with van der Waals surface area (Å²) in [5.41, 5.74) is 0.862. The second-order valence-corrected chi connectivity index (χ2v) is 11.4. The highest BCUT2D eigenvalue weighted by Gasteiger charge is 2.33. The van der Waals surface area contributed by atoms with Crippen LogP contribution in [0.2, 0.25) is 5.02 Å². The minimum absolute atomic E-state index is 0.0905. The predicted octanol–water partition coefficient (Wildman–Crippen LogP) is 4.44. The molecule has 182 valence electrons. The van der Waals surface area contributed by atoms with E-state index in [1.807, 2.05) is 0 Å². The molecule has 7 nitrogen and oxygen atoms in total. The van der Waals surface area contributed by atoms with Crippen molar-refractivity contribution in [1.82, 2.24) is 9.62 Å². The molecule has 0 bridgehead atoms. The Bertz CT molecular complexity index is 1130. The third kappa shape index (κ3) is 5.79. The van der Waals surface area contributed by atoms with Crippen molar-refractivity contribution in [3.05, 3.63) is 59.1 Å². The number of rotatable bonds is 6. The average Bonchev–Trinajstić information content (AvgIpc) is 2.85. The van der Waals surface area contributed by atoms with Gasteiger partial charge in [0.05, 0.1) is 22.1 Å². The number of nitrogens with one attached hydrogen (secondary N) is 2. The van der Waals surface area contributed by atoms with Crippen molar-refractivity contribution in [2.45, 2.75) is 55.9 Å². The number of benzene rings is 2. The van der Waals surface area contributed by atoms with Crippen molar-refractivity contribution < 1.29 is 18.0 Å². The number of hydrogen-bond donors (Lipinski definition) is 2. The number of piperidine rings is 1. The Balaban J connectivity index is 1.43. The van der Waals surface area contributed by atoms with Gasteiger partial charge in [0.2, 0.25) is 15.9 Å². The predicted molar refractivity (Wildman–Crippen MR) is 132 cm³/mol. The quantitative estimate of drug-likeness (QED) is 0.609. The number of halogens is 1. The molecule has 0 radical (unpaired) electrons. The summed E-state index contributed by atoms with van der Waals surface area (Å²) in [6.07, 6.45) is 6.52. The van der Waals surface area contributed by atoms with E-state index in [1.54, 1.807) is 24.3 Å². The molecule has 1 unspecified atom stereocenters. The van der Waals surface area contributed by atoms with Gasteiger partial charge in [0.25, 0.3) is 5.91 Å². The summed E-state index contributed by atoms with van der Waals surface area (Å²) in [6, 6.07) is 13.1. The van der Waals surface area contributed by atoms with E-state index in [0.29, 0.717) is 35.7 Å². The first kappa shape index (κ1) is 24.7. The molecule has 0 aromatic heterocycles. The third-order valence-electron chi connectivity index (χ3n) is 6.58. The van der Waals surface area contributed by atoms with Gasteiger partial charge in [-0.1, -0.05) is 43.0 Å². The summed E-state index contributed by atoms with van der Waals surface area (Å²) in [6.45, 7) is 0.447. The Morgan fingerprint density at radius 2 is 1.62 bits per heavy atom. The van der Waals surface area contributed by atoms with Crippen LogP contribution in [0.4, 0.5) is 5.69 Å². The highest BCUT2D eigenvalue weighted by molar-refractivity contribution is 7.89. The lowest BCUT2D eigenvalue weighted by molar-refractivity contribution is -0.120. The van der Waals surface area contributed by atoms with E-state index >= 15 is 0 Å². The molecule has 2 aliphatic rings. The van der Waals surface area contributed by atoms with Gasteiger partial charge in [0, 0.05) is 24.2 Å². The lowest BCUT2D eigenvalue weighted by Crippen LogP contribution is -2.43. The van der Waals surface area contributed by atoms with Crippen LogP contribution in [0.25, 0.3) is 0 Å². The van der Waals surface area contributed by atoms with Gasteiger partial charge >= 0.3 is 0 Å². The molecule has 2 aromatic rings. The number of amides is 2. The topological polar surface area (TPSA) is 95.6 Å². The zero-order valence-electron chi connectivity index (χ0n) is 19.0. The first-order valence-corrected chi connectivity index (χ1v) is 13.6. The van der Waals surface area contributed by atoms with Crippen molar-refractivity contribution in [1.29, 1.82) is 0 Å². The van der Waals surface area contributed by atoms with Gasteiger partial charge in [-0.05, 0) is 62.1 Å². The van der Waals surface area contributed by atoms with Crippen molar-refractivity contribution in [3.63, 3.8) is 0 Å². The highest BCUT2D eigenvalue weighted by atomic mass is 35.5. The zero-order chi connectivity index (χ0) is 24.1. The number of para-hydroxylation sites is 1. The lowest BCUT2D eigenvalue weighted by atomic mass is 9.95. The summed E-state index contributed by atoms with van der Waals surface area (Å²) < 4.78 is 27.5. The normalized spacial score (nSPS) is 20.0. The van der Waals surface area contributed by atoms with Crippen LogP contribution in [0.5, 0.6) is 0 Å². The Kier molecular flexibility index (Phi) is 7.91. The van der Waals surface area contributed by atoms with Crippen LogP contribution >= 0.6 is 11.6 Å². The van der Waals surface area contributed by atoms with Crippen LogP contribution in [0.15, 0.2) is 53.4 Å². The van der Waals surface area contributed by atoms with Crippen LogP contribution in [0.3, 0.4) is 0 Å². The molecule has 2 fully saturated rings. The second-order valence-electron chi connectivity index (χ2n) is 9.00. The molecule has 2 N–H and O–H groups in total. The molecule has 1 atom stereocenters. The van der Waals surface area contributed by atoms with E-state index in [9.17, 15) is 18.0 Å². The summed E-state index contributed by atoms with van der Waals surface area (Å²) in [5, 5.41) is 6.43. The van der Waals surface area contributed by atoms with E-state index in [4.69, 9.17) is 11.6 Å². The van der Waals surface area contributed by atoms with Crippen LogP contribution in [-0.4, -0.2) is 43.7 Å². The van der Waals surface area contributed by atoms with Crippen LogP contribution in [-0.2, 0) is 14.8 Å². The molecular formula is C25H30ClN3O4S. The molecule has 1 aliphatic heterocycles. The lowest BCUT2D eigenvalue weighted by Gasteiger charge is -2.31. The number of anilines is 1. The fourth-order valence-corrected chi connectivity index (χ4v) is 6.32. The number of nitrogens with zero attached hydrogens (tertiary/aromatic N) is 1. The molecule has 1 aliphatic carbocycles. The fourth-order valence-electron chi connectivity index (χ4n) is 4.67. The first-order chi connectivity index (χ1) is 16.3. The molecule has 4 rings (SSSR count). The van der Waals surface area contributed by atoms with Crippen LogP contribution in [0.1, 0.15) is 55.3 Å². The van der Waals surface area contributed by atoms with Crippen molar-refractivity contribution in [2.24, 2.45) is 5.92 Å². The van der Waals surface area contributed by atoms with E-state index in [1.165, 1.54) is 35.0 Å². The van der Waals surface area contributed by atoms with Gasteiger partial charge in [0.15, 0.2) is 0 Å². The number of carbonyl (C=O) groups excluding carboxylic acids is 2. The molecule has 9 heteroatoms. The minimum atomic E-state index is -3.73. The van der Waals surface area contributed by atoms with Gasteiger partial charge in [-0.2, -0.15) is 4.31 Å². The Labute approximate surface area is 205 Å². The molecule has 1 saturated carbocycles. The molecule has 1 saturated heterocycles. The third-order valence-corrected chi connectivity index (χ3v) is 8.71. The van der Waals surface area contributed by atoms with E-state index in [2.05, 4.69) is 10.6 Å². The van der Waals surface area contributed by atoms with Gasteiger partial charge in [-0.15, -0.1) is 0 Å². The maximum absolute atomic E-state index is 13.1. The van der Waals surface area contributed by atoms with Crippen molar-refractivity contribution >= 4 is 39.1 Å². The average molecular weight is 504 g/mol. The Morgan fingerprint density at radius 3 is 2.35 bits per heavy atom. The largest absolute Gasteiger partial charge is 0.349 e. The number of carbonyl (C=O) groups is 2. The Morgan fingerprint density at radius 1 is 0.912 bits per heavy atom. The fraction of sp³-hybridized carbons (Fsp3) is 0.440. The van der Waals surface area contributed by atoms with E-state index in [0.717, 1.165) is 25.7 Å². The van der Waals surface area contributed by atoms with Gasteiger partial charge in [0.1, 0.15) is 0 Å².